The molecule has 0 unspecified atom stereocenters. The predicted molar refractivity (Wildman–Crippen MR) is 64.9 cm³/mol. The van der Waals surface area contributed by atoms with Gasteiger partial charge in [0.1, 0.15) is 0 Å². The van der Waals surface area contributed by atoms with Gasteiger partial charge in [-0.05, 0) is 25.5 Å². The molecule has 82 valence electrons. The Morgan fingerprint density at radius 1 is 1.07 bits per heavy atom. The summed E-state index contributed by atoms with van der Waals surface area (Å²) in [5, 5.41) is 4.42. The van der Waals surface area contributed by atoms with E-state index in [1.54, 1.807) is 0 Å². The van der Waals surface area contributed by atoms with E-state index >= 15 is 0 Å². The highest BCUT2D eigenvalue weighted by Crippen LogP contribution is 2.32. The second-order valence-corrected chi connectivity index (χ2v) is 3.84. The first-order valence-corrected chi connectivity index (χ1v) is 5.77. The summed E-state index contributed by atoms with van der Waals surface area (Å²) >= 11 is 0. The molecule has 0 bridgehead atoms. The zero-order valence-corrected chi connectivity index (χ0v) is 9.53. The molecule has 0 saturated carbocycles. The maximum Gasteiger partial charge on any atom is 0.0785 e. The van der Waals surface area contributed by atoms with Crippen LogP contribution >= 0.6 is 0 Å². The van der Waals surface area contributed by atoms with Crippen LogP contribution in [0.25, 0.3) is 0 Å². The SMILES string of the molecule is CCCCN1NN(CC)c2ccccc21. The minimum atomic E-state index is 0.986. The lowest BCUT2D eigenvalue weighted by molar-refractivity contribution is 0.602. The first-order chi connectivity index (χ1) is 7.36. The van der Waals surface area contributed by atoms with Crippen molar-refractivity contribution in [2.24, 2.45) is 0 Å². The van der Waals surface area contributed by atoms with Gasteiger partial charge in [-0.1, -0.05) is 25.5 Å². The fourth-order valence-electron chi connectivity index (χ4n) is 1.90. The Hall–Kier alpha value is -1.22. The van der Waals surface area contributed by atoms with Gasteiger partial charge < -0.3 is 0 Å². The van der Waals surface area contributed by atoms with E-state index < -0.39 is 0 Å². The molecule has 3 heteroatoms. The highest BCUT2D eigenvalue weighted by molar-refractivity contribution is 5.74. The van der Waals surface area contributed by atoms with Crippen molar-refractivity contribution >= 4 is 11.4 Å². The molecule has 0 aromatic heterocycles. The summed E-state index contributed by atoms with van der Waals surface area (Å²) in [5.74, 6) is 0. The number of fused-ring (bicyclic) bond motifs is 1. The van der Waals surface area contributed by atoms with E-state index in [0.29, 0.717) is 0 Å². The second kappa shape index (κ2) is 4.53. The van der Waals surface area contributed by atoms with Crippen LogP contribution in [0.5, 0.6) is 0 Å². The van der Waals surface area contributed by atoms with Crippen molar-refractivity contribution in [2.45, 2.75) is 26.7 Å². The summed E-state index contributed by atoms with van der Waals surface area (Å²) in [6.45, 7) is 6.44. The Labute approximate surface area is 91.6 Å². The number of hydrazine groups is 2. The zero-order valence-electron chi connectivity index (χ0n) is 9.53. The third-order valence-corrected chi connectivity index (χ3v) is 2.76. The van der Waals surface area contributed by atoms with Crippen molar-refractivity contribution in [3.05, 3.63) is 24.3 Å². The van der Waals surface area contributed by atoms with Crippen LogP contribution in [0, 0.1) is 0 Å². The van der Waals surface area contributed by atoms with Crippen molar-refractivity contribution in [2.75, 3.05) is 23.1 Å². The minimum Gasteiger partial charge on any atom is -0.289 e. The van der Waals surface area contributed by atoms with Crippen LogP contribution in [0.15, 0.2) is 24.3 Å². The Morgan fingerprint density at radius 2 is 1.73 bits per heavy atom. The molecular weight excluding hydrogens is 186 g/mol. The van der Waals surface area contributed by atoms with Crippen molar-refractivity contribution < 1.29 is 0 Å². The van der Waals surface area contributed by atoms with Gasteiger partial charge in [0.25, 0.3) is 0 Å². The second-order valence-electron chi connectivity index (χ2n) is 3.84. The van der Waals surface area contributed by atoms with E-state index in [1.165, 1.54) is 24.2 Å². The highest BCUT2D eigenvalue weighted by Gasteiger charge is 2.22. The van der Waals surface area contributed by atoms with Gasteiger partial charge in [0, 0.05) is 13.1 Å². The van der Waals surface area contributed by atoms with Gasteiger partial charge in [0.15, 0.2) is 0 Å². The number of nitrogens with zero attached hydrogens (tertiary/aromatic N) is 2. The third-order valence-electron chi connectivity index (χ3n) is 2.76. The minimum absolute atomic E-state index is 0.986. The number of hydrogen-bond acceptors (Lipinski definition) is 3. The van der Waals surface area contributed by atoms with Crippen molar-refractivity contribution in [3.8, 4) is 0 Å². The van der Waals surface area contributed by atoms with Crippen LogP contribution in [0.1, 0.15) is 26.7 Å². The average molecular weight is 205 g/mol. The molecule has 1 N–H and O–H groups in total. The Balaban J connectivity index is 2.18. The van der Waals surface area contributed by atoms with E-state index in [0.717, 1.165) is 13.1 Å². The van der Waals surface area contributed by atoms with E-state index in [1.807, 2.05) is 0 Å². The number of para-hydroxylation sites is 2. The molecule has 0 amide bonds. The van der Waals surface area contributed by atoms with E-state index in [9.17, 15) is 0 Å². The molecule has 0 saturated heterocycles. The van der Waals surface area contributed by atoms with Crippen LogP contribution in [0.4, 0.5) is 11.4 Å². The molecule has 1 heterocycles. The molecule has 2 rings (SSSR count). The van der Waals surface area contributed by atoms with Crippen molar-refractivity contribution in [1.82, 2.24) is 5.53 Å². The van der Waals surface area contributed by atoms with Crippen molar-refractivity contribution in [1.29, 1.82) is 0 Å². The summed E-state index contributed by atoms with van der Waals surface area (Å²) in [4.78, 5) is 0. The van der Waals surface area contributed by atoms with E-state index in [4.69, 9.17) is 0 Å². The molecule has 1 aliphatic rings. The monoisotopic (exact) mass is 205 g/mol. The molecule has 3 nitrogen and oxygen atoms in total. The third kappa shape index (κ3) is 1.92. The van der Waals surface area contributed by atoms with Gasteiger partial charge in [0.05, 0.1) is 11.4 Å². The zero-order chi connectivity index (χ0) is 10.7. The number of anilines is 2. The molecule has 0 fully saturated rings. The first kappa shape index (κ1) is 10.3. The lowest BCUT2D eigenvalue weighted by Crippen LogP contribution is -2.44. The summed E-state index contributed by atoms with van der Waals surface area (Å²) in [5.41, 5.74) is 5.99. The van der Waals surface area contributed by atoms with Gasteiger partial charge in [-0.3, -0.25) is 10.0 Å². The fraction of sp³-hybridized carbons (Fsp3) is 0.500. The van der Waals surface area contributed by atoms with Gasteiger partial charge in [-0.25, -0.2) is 0 Å². The molecule has 15 heavy (non-hydrogen) atoms. The molecule has 0 spiro atoms. The largest absolute Gasteiger partial charge is 0.289 e. The average Bonchev–Trinajstić information content (AvgIpc) is 2.65. The summed E-state index contributed by atoms with van der Waals surface area (Å²) in [6, 6.07) is 8.52. The Morgan fingerprint density at radius 3 is 2.33 bits per heavy atom. The summed E-state index contributed by atoms with van der Waals surface area (Å²) in [7, 11) is 0. The smallest absolute Gasteiger partial charge is 0.0785 e. The fourth-order valence-corrected chi connectivity index (χ4v) is 1.90. The molecule has 1 aromatic rings. The van der Waals surface area contributed by atoms with E-state index in [2.05, 4.69) is 53.7 Å². The van der Waals surface area contributed by atoms with Crippen LogP contribution in [-0.4, -0.2) is 13.1 Å². The lowest BCUT2D eigenvalue weighted by atomic mass is 10.2. The summed E-state index contributed by atoms with van der Waals surface area (Å²) in [6.07, 6.45) is 2.45. The molecule has 0 radical (unpaired) electrons. The van der Waals surface area contributed by atoms with Crippen molar-refractivity contribution in [3.63, 3.8) is 0 Å². The Kier molecular flexibility index (Phi) is 3.11. The molecule has 0 aliphatic carbocycles. The van der Waals surface area contributed by atoms with Crippen LogP contribution in [0.3, 0.4) is 0 Å². The lowest BCUT2D eigenvalue weighted by Gasteiger charge is -2.21. The van der Waals surface area contributed by atoms with Crippen LogP contribution in [0.2, 0.25) is 0 Å². The topological polar surface area (TPSA) is 18.5 Å². The number of hydrogen-bond donors (Lipinski definition) is 1. The molecule has 0 atom stereocenters. The summed E-state index contributed by atoms with van der Waals surface area (Å²) < 4.78 is 0. The van der Waals surface area contributed by atoms with Crippen LogP contribution in [-0.2, 0) is 0 Å². The maximum absolute atomic E-state index is 3.41. The van der Waals surface area contributed by atoms with E-state index in [-0.39, 0.29) is 0 Å². The molecular formula is C12H19N3. The molecule has 1 aliphatic heterocycles. The predicted octanol–water partition coefficient (Wildman–Crippen LogP) is 2.55. The number of unbranched alkanes of at least 4 members (excludes halogenated alkanes) is 1. The highest BCUT2D eigenvalue weighted by atomic mass is 15.8. The Bertz CT molecular complexity index is 324. The number of nitrogens with one attached hydrogen (secondary N) is 1. The quantitative estimate of drug-likeness (QED) is 0.815. The normalized spacial score (nSPS) is 14.5. The number of rotatable bonds is 4. The van der Waals surface area contributed by atoms with Gasteiger partial charge >= 0.3 is 0 Å². The standard InChI is InChI=1S/C12H19N3/c1-3-5-10-15-12-9-7-6-8-11(12)14(4-2)13-15/h6-9,13H,3-5,10H2,1-2H3. The maximum atomic E-state index is 3.41. The van der Waals surface area contributed by atoms with Gasteiger partial charge in [0.2, 0.25) is 0 Å². The first-order valence-electron chi connectivity index (χ1n) is 5.77. The molecule has 1 aromatic carbocycles. The van der Waals surface area contributed by atoms with Crippen LogP contribution < -0.4 is 15.6 Å². The van der Waals surface area contributed by atoms with Gasteiger partial charge in [-0.2, -0.15) is 0 Å². The van der Waals surface area contributed by atoms with Gasteiger partial charge in [-0.15, -0.1) is 5.53 Å². The number of benzene rings is 1.